The minimum atomic E-state index is 0.879. The quantitative estimate of drug-likeness (QED) is 0.178. The Kier molecular flexibility index (Phi) is 6.52. The smallest absolute Gasteiger partial charge is 0.138 e. The Morgan fingerprint density at radius 1 is 0.340 bits per heavy atom. The molecule has 0 aliphatic carbocycles. The van der Waals surface area contributed by atoms with Crippen LogP contribution in [0.1, 0.15) is 0 Å². The molecule has 0 aliphatic rings. The second-order valence-corrected chi connectivity index (χ2v) is 13.7. The van der Waals surface area contributed by atoms with Crippen LogP contribution in [0.15, 0.2) is 194 Å². The van der Waals surface area contributed by atoms with Crippen molar-refractivity contribution in [3.05, 3.63) is 194 Å². The van der Waals surface area contributed by atoms with Crippen molar-refractivity contribution < 1.29 is 0 Å². The predicted octanol–water partition coefficient (Wildman–Crippen LogP) is 12.6. The van der Waals surface area contributed by atoms with E-state index >= 15 is 0 Å². The van der Waals surface area contributed by atoms with Crippen LogP contribution in [0.5, 0.6) is 0 Å². The molecule has 0 bridgehead atoms. The molecule has 0 unspecified atom stereocenters. The van der Waals surface area contributed by atoms with Crippen LogP contribution in [0.4, 0.5) is 0 Å². The molecule has 0 aliphatic heterocycles. The van der Waals surface area contributed by atoms with Gasteiger partial charge in [0.05, 0.1) is 33.3 Å². The second kappa shape index (κ2) is 11.7. The molecule has 4 nitrogen and oxygen atoms in total. The molecule has 4 heteroatoms. The topological polar surface area (TPSA) is 27.7 Å². The predicted molar refractivity (Wildman–Crippen MR) is 221 cm³/mol. The van der Waals surface area contributed by atoms with Crippen LogP contribution in [-0.2, 0) is 0 Å². The highest BCUT2D eigenvalue weighted by atomic mass is 15.1. The second-order valence-electron chi connectivity index (χ2n) is 13.7. The number of nitrogens with zero attached hydrogens (tertiary/aromatic N) is 4. The van der Waals surface area contributed by atoms with Crippen LogP contribution in [0.2, 0.25) is 0 Å². The lowest BCUT2D eigenvalue weighted by Crippen LogP contribution is -2.01. The summed E-state index contributed by atoms with van der Waals surface area (Å²) in [5.41, 5.74) is 12.3. The number of para-hydroxylation sites is 3. The van der Waals surface area contributed by atoms with E-state index in [0.29, 0.717) is 0 Å². The van der Waals surface area contributed by atoms with Crippen LogP contribution in [0, 0.1) is 0 Å². The van der Waals surface area contributed by atoms with Gasteiger partial charge in [-0.05, 0) is 83.9 Å². The van der Waals surface area contributed by atoms with E-state index in [1.807, 2.05) is 0 Å². The van der Waals surface area contributed by atoms with Crippen molar-refractivity contribution in [3.63, 3.8) is 0 Å². The molecular weight excluding hydrogens is 645 g/mol. The van der Waals surface area contributed by atoms with Crippen LogP contribution >= 0.6 is 0 Å². The molecule has 248 valence electrons. The number of hydrogen-bond acceptors (Lipinski definition) is 1. The summed E-state index contributed by atoms with van der Waals surface area (Å²) in [7, 11) is 0. The molecule has 11 rings (SSSR count). The highest BCUT2D eigenvalue weighted by molar-refractivity contribution is 6.20. The van der Waals surface area contributed by atoms with E-state index in [0.717, 1.165) is 61.6 Å². The van der Waals surface area contributed by atoms with Gasteiger partial charge in [0.15, 0.2) is 0 Å². The average molecular weight is 677 g/mol. The molecule has 11 aromatic rings. The molecule has 0 saturated carbocycles. The minimum Gasteiger partial charge on any atom is -0.316 e. The van der Waals surface area contributed by atoms with Crippen molar-refractivity contribution in [3.8, 4) is 39.6 Å². The van der Waals surface area contributed by atoms with Crippen molar-refractivity contribution in [1.29, 1.82) is 0 Å². The first-order valence-corrected chi connectivity index (χ1v) is 18.1. The van der Waals surface area contributed by atoms with Gasteiger partial charge in [-0.3, -0.25) is 4.57 Å². The summed E-state index contributed by atoms with van der Waals surface area (Å²) in [6, 6.07) is 67.4. The van der Waals surface area contributed by atoms with Gasteiger partial charge in [-0.2, -0.15) is 0 Å². The third-order valence-electron chi connectivity index (χ3n) is 10.6. The lowest BCUT2D eigenvalue weighted by molar-refractivity contribution is 1.08. The fourth-order valence-electron chi connectivity index (χ4n) is 8.21. The van der Waals surface area contributed by atoms with Gasteiger partial charge < -0.3 is 9.13 Å². The summed E-state index contributed by atoms with van der Waals surface area (Å²) in [4.78, 5) is 5.47. The Morgan fingerprint density at radius 2 is 0.906 bits per heavy atom. The summed E-state index contributed by atoms with van der Waals surface area (Å²) in [6.45, 7) is 0. The van der Waals surface area contributed by atoms with Gasteiger partial charge in [0.1, 0.15) is 5.82 Å². The SMILES string of the molecule is c1ccc(-c2cc(-c3ccccc3)nc(-n3c4cc5c(ccn5-c5ccccc5)cc4c4cc5c6ccccc6n(-c6ccccc6)c5cc43)c2)cc1. The number of aromatic nitrogens is 4. The van der Waals surface area contributed by atoms with Crippen molar-refractivity contribution in [2.75, 3.05) is 0 Å². The lowest BCUT2D eigenvalue weighted by atomic mass is 10.0. The molecule has 4 aromatic heterocycles. The Morgan fingerprint density at radius 3 is 1.64 bits per heavy atom. The van der Waals surface area contributed by atoms with Gasteiger partial charge in [0.25, 0.3) is 0 Å². The van der Waals surface area contributed by atoms with Crippen LogP contribution in [0.25, 0.3) is 94.1 Å². The van der Waals surface area contributed by atoms with Gasteiger partial charge in [0, 0.05) is 50.1 Å². The molecule has 0 spiro atoms. The first kappa shape index (κ1) is 29.5. The zero-order valence-electron chi connectivity index (χ0n) is 28.8. The van der Waals surface area contributed by atoms with Crippen molar-refractivity contribution in [2.24, 2.45) is 0 Å². The molecule has 0 radical (unpaired) electrons. The summed E-state index contributed by atoms with van der Waals surface area (Å²) in [5, 5.41) is 6.06. The Balaban J connectivity index is 1.30. The highest BCUT2D eigenvalue weighted by Gasteiger charge is 2.21. The van der Waals surface area contributed by atoms with E-state index in [4.69, 9.17) is 4.98 Å². The molecule has 0 N–H and O–H groups in total. The molecular formula is C49H32N4. The van der Waals surface area contributed by atoms with Crippen molar-refractivity contribution in [2.45, 2.75) is 0 Å². The third kappa shape index (κ3) is 4.66. The van der Waals surface area contributed by atoms with E-state index < -0.39 is 0 Å². The maximum Gasteiger partial charge on any atom is 0.138 e. The van der Waals surface area contributed by atoms with E-state index in [2.05, 4.69) is 208 Å². The number of hydrogen-bond donors (Lipinski definition) is 0. The Labute approximate surface area is 306 Å². The van der Waals surface area contributed by atoms with E-state index in [1.54, 1.807) is 0 Å². The molecule has 7 aromatic carbocycles. The fraction of sp³-hybridized carbons (Fsp3) is 0. The molecule has 0 fully saturated rings. The van der Waals surface area contributed by atoms with Crippen LogP contribution < -0.4 is 0 Å². The maximum atomic E-state index is 5.47. The van der Waals surface area contributed by atoms with Gasteiger partial charge >= 0.3 is 0 Å². The Hall–Kier alpha value is -7.17. The zero-order valence-corrected chi connectivity index (χ0v) is 28.8. The first-order valence-electron chi connectivity index (χ1n) is 18.1. The average Bonchev–Trinajstić information content (AvgIpc) is 3.89. The maximum absolute atomic E-state index is 5.47. The van der Waals surface area contributed by atoms with Crippen molar-refractivity contribution >= 4 is 54.5 Å². The summed E-state index contributed by atoms with van der Waals surface area (Å²) < 4.78 is 7.07. The van der Waals surface area contributed by atoms with Crippen LogP contribution in [0.3, 0.4) is 0 Å². The van der Waals surface area contributed by atoms with Crippen LogP contribution in [-0.4, -0.2) is 18.7 Å². The highest BCUT2D eigenvalue weighted by Crippen LogP contribution is 2.41. The normalized spacial score (nSPS) is 11.8. The van der Waals surface area contributed by atoms with Gasteiger partial charge in [0.2, 0.25) is 0 Å². The molecule has 53 heavy (non-hydrogen) atoms. The third-order valence-corrected chi connectivity index (χ3v) is 10.6. The van der Waals surface area contributed by atoms with Gasteiger partial charge in [-0.15, -0.1) is 0 Å². The summed E-state index contributed by atoms with van der Waals surface area (Å²) in [5.74, 6) is 0.879. The van der Waals surface area contributed by atoms with E-state index in [9.17, 15) is 0 Å². The number of fused-ring (bicyclic) bond motifs is 7. The molecule has 0 amide bonds. The Bertz CT molecular complexity index is 3080. The monoisotopic (exact) mass is 676 g/mol. The zero-order chi connectivity index (χ0) is 34.9. The molecule has 0 atom stereocenters. The molecule has 4 heterocycles. The van der Waals surface area contributed by atoms with Crippen molar-refractivity contribution in [1.82, 2.24) is 18.7 Å². The van der Waals surface area contributed by atoms with Gasteiger partial charge in [-0.25, -0.2) is 4.98 Å². The fourth-order valence-corrected chi connectivity index (χ4v) is 8.21. The molecule has 0 saturated heterocycles. The minimum absolute atomic E-state index is 0.879. The first-order chi connectivity index (χ1) is 26.3. The van der Waals surface area contributed by atoms with E-state index in [1.165, 1.54) is 32.4 Å². The summed E-state index contributed by atoms with van der Waals surface area (Å²) >= 11 is 0. The van der Waals surface area contributed by atoms with Gasteiger partial charge in [-0.1, -0.05) is 115 Å². The van der Waals surface area contributed by atoms with E-state index in [-0.39, 0.29) is 0 Å². The lowest BCUT2D eigenvalue weighted by Gasteiger charge is -2.14. The number of benzene rings is 7. The number of rotatable bonds is 5. The number of pyridine rings is 1. The summed E-state index contributed by atoms with van der Waals surface area (Å²) in [6.07, 6.45) is 2.18. The standard InChI is InChI=1S/C49H32N4/c1-5-15-33(16-6-1)36-28-43(34-17-7-2-8-18-34)50-49(29-36)53-47-31-45-35(25-26-51(45)37-19-9-3-10-20-37)27-40(47)42-30-41-39-23-13-14-24-44(39)52(46(41)32-48(42)53)38-21-11-4-12-22-38/h1-32H. The largest absolute Gasteiger partial charge is 0.316 e.